The van der Waals surface area contributed by atoms with Crippen molar-refractivity contribution in [3.8, 4) is 0 Å². The van der Waals surface area contributed by atoms with E-state index in [0.717, 1.165) is 10.5 Å². The fraction of sp³-hybridized carbons (Fsp3) is 0.0909. The van der Waals surface area contributed by atoms with Crippen molar-refractivity contribution < 1.29 is 14.5 Å². The Labute approximate surface area is 188 Å². The molecule has 2 amide bonds. The number of nitro groups is 1. The topological polar surface area (TPSA) is 101 Å². The van der Waals surface area contributed by atoms with Crippen molar-refractivity contribution in [2.75, 3.05) is 16.4 Å². The quantitative estimate of drug-likeness (QED) is 0.277. The number of rotatable bonds is 8. The summed E-state index contributed by atoms with van der Waals surface area (Å²) in [6, 6.07) is 19.9. The molecule has 7 nitrogen and oxygen atoms in total. The smallest absolute Gasteiger partial charge is 0.269 e. The van der Waals surface area contributed by atoms with Crippen LogP contribution in [0.2, 0.25) is 5.02 Å². The van der Waals surface area contributed by atoms with Gasteiger partial charge in [0.15, 0.2) is 0 Å². The van der Waals surface area contributed by atoms with Crippen LogP contribution in [-0.2, 0) is 16.0 Å². The van der Waals surface area contributed by atoms with Gasteiger partial charge in [-0.1, -0.05) is 23.7 Å². The van der Waals surface area contributed by atoms with Gasteiger partial charge in [0, 0.05) is 33.4 Å². The summed E-state index contributed by atoms with van der Waals surface area (Å²) in [5.41, 5.74) is 1.99. The van der Waals surface area contributed by atoms with Crippen LogP contribution < -0.4 is 10.6 Å². The molecule has 0 saturated heterocycles. The molecule has 3 rings (SSSR count). The van der Waals surface area contributed by atoms with E-state index in [2.05, 4.69) is 10.6 Å². The van der Waals surface area contributed by atoms with Crippen molar-refractivity contribution in [1.82, 2.24) is 0 Å². The Balaban J connectivity index is 1.45. The Bertz CT molecular complexity index is 1070. The Morgan fingerprint density at radius 2 is 1.39 bits per heavy atom. The van der Waals surface area contributed by atoms with Crippen LogP contribution in [0.25, 0.3) is 0 Å². The third-order valence-corrected chi connectivity index (χ3v) is 5.41. The zero-order valence-electron chi connectivity index (χ0n) is 16.2. The van der Waals surface area contributed by atoms with Crippen molar-refractivity contribution in [3.63, 3.8) is 0 Å². The first-order valence-electron chi connectivity index (χ1n) is 9.20. The molecule has 2 N–H and O–H groups in total. The summed E-state index contributed by atoms with van der Waals surface area (Å²) in [4.78, 5) is 35.3. The number of benzene rings is 3. The lowest BCUT2D eigenvalue weighted by Crippen LogP contribution is -2.14. The predicted octanol–water partition coefficient (Wildman–Crippen LogP) is 5.16. The van der Waals surface area contributed by atoms with Gasteiger partial charge in [0.1, 0.15) is 0 Å². The molecule has 0 aliphatic carbocycles. The molecule has 0 spiro atoms. The normalized spacial score (nSPS) is 10.4. The summed E-state index contributed by atoms with van der Waals surface area (Å²) >= 11 is 7.19. The minimum absolute atomic E-state index is 0.0345. The fourth-order valence-corrected chi connectivity index (χ4v) is 3.46. The Morgan fingerprint density at radius 3 is 1.97 bits per heavy atom. The van der Waals surface area contributed by atoms with Crippen LogP contribution in [0.5, 0.6) is 0 Å². The zero-order valence-corrected chi connectivity index (χ0v) is 17.8. The highest BCUT2D eigenvalue weighted by molar-refractivity contribution is 8.00. The van der Waals surface area contributed by atoms with E-state index < -0.39 is 4.92 Å². The minimum Gasteiger partial charge on any atom is -0.326 e. The van der Waals surface area contributed by atoms with Crippen molar-refractivity contribution in [1.29, 1.82) is 0 Å². The lowest BCUT2D eigenvalue weighted by atomic mass is 10.1. The predicted molar refractivity (Wildman–Crippen MR) is 123 cm³/mol. The number of thioether (sulfide) groups is 1. The number of carbonyl (C=O) groups is 2. The van der Waals surface area contributed by atoms with Crippen molar-refractivity contribution in [2.45, 2.75) is 11.3 Å². The highest BCUT2D eigenvalue weighted by Crippen LogP contribution is 2.21. The van der Waals surface area contributed by atoms with Gasteiger partial charge in [-0.25, -0.2) is 0 Å². The number of nitrogens with zero attached hydrogens (tertiary/aromatic N) is 1. The molecule has 0 aliphatic rings. The summed E-state index contributed by atoms with van der Waals surface area (Å²) in [5, 5.41) is 16.8. The SMILES string of the molecule is O=C(CSc1ccc(NC(=O)Cc2ccc(Cl)cc2)cc1)Nc1ccc([N+](=O)[O-])cc1. The van der Waals surface area contributed by atoms with E-state index in [1.165, 1.54) is 36.0 Å². The monoisotopic (exact) mass is 455 g/mol. The molecular formula is C22H18ClN3O4S. The maximum absolute atomic E-state index is 12.2. The maximum atomic E-state index is 12.2. The van der Waals surface area contributed by atoms with Gasteiger partial charge >= 0.3 is 0 Å². The summed E-state index contributed by atoms with van der Waals surface area (Å²) in [6.45, 7) is 0. The zero-order chi connectivity index (χ0) is 22.2. The molecule has 0 saturated carbocycles. The van der Waals surface area contributed by atoms with Crippen molar-refractivity contribution in [3.05, 3.63) is 93.5 Å². The number of halogens is 1. The lowest BCUT2D eigenvalue weighted by molar-refractivity contribution is -0.384. The molecule has 3 aromatic rings. The number of amides is 2. The van der Waals surface area contributed by atoms with E-state index in [-0.39, 0.29) is 29.7 Å². The Morgan fingerprint density at radius 1 is 0.839 bits per heavy atom. The first-order valence-corrected chi connectivity index (χ1v) is 10.6. The first-order chi connectivity index (χ1) is 14.9. The number of carbonyl (C=O) groups excluding carboxylic acids is 2. The van der Waals surface area contributed by atoms with Gasteiger partial charge in [0.2, 0.25) is 11.8 Å². The average Bonchev–Trinajstić information content (AvgIpc) is 2.75. The average molecular weight is 456 g/mol. The second kappa shape index (κ2) is 10.6. The van der Waals surface area contributed by atoms with E-state index in [1.807, 2.05) is 24.3 Å². The van der Waals surface area contributed by atoms with Gasteiger partial charge in [-0.3, -0.25) is 19.7 Å². The second-order valence-corrected chi connectivity index (χ2v) is 8.00. The summed E-state index contributed by atoms with van der Waals surface area (Å²) in [6.07, 6.45) is 0.247. The summed E-state index contributed by atoms with van der Waals surface area (Å²) in [7, 11) is 0. The number of anilines is 2. The van der Waals surface area contributed by atoms with E-state index in [0.29, 0.717) is 16.4 Å². The van der Waals surface area contributed by atoms with E-state index >= 15 is 0 Å². The van der Waals surface area contributed by atoms with Gasteiger partial charge in [0.25, 0.3) is 5.69 Å². The molecule has 0 atom stereocenters. The van der Waals surface area contributed by atoms with Gasteiger partial charge < -0.3 is 10.6 Å². The molecule has 0 aliphatic heterocycles. The highest BCUT2D eigenvalue weighted by atomic mass is 35.5. The van der Waals surface area contributed by atoms with Crippen molar-refractivity contribution in [2.24, 2.45) is 0 Å². The van der Waals surface area contributed by atoms with E-state index in [9.17, 15) is 19.7 Å². The summed E-state index contributed by atoms with van der Waals surface area (Å²) in [5.74, 6) is -0.177. The molecule has 0 unspecified atom stereocenters. The van der Waals surface area contributed by atoms with E-state index in [1.54, 1.807) is 24.3 Å². The van der Waals surface area contributed by atoms with Crippen LogP contribution in [-0.4, -0.2) is 22.5 Å². The fourth-order valence-electron chi connectivity index (χ4n) is 2.64. The Kier molecular flexibility index (Phi) is 7.64. The minimum atomic E-state index is -0.495. The van der Waals surface area contributed by atoms with Crippen LogP contribution in [0.3, 0.4) is 0 Å². The third kappa shape index (κ3) is 7.13. The molecule has 0 fully saturated rings. The van der Waals surface area contributed by atoms with Crippen LogP contribution in [0, 0.1) is 10.1 Å². The molecule has 0 heterocycles. The second-order valence-electron chi connectivity index (χ2n) is 6.52. The first kappa shape index (κ1) is 22.3. The lowest BCUT2D eigenvalue weighted by Gasteiger charge is -2.08. The highest BCUT2D eigenvalue weighted by Gasteiger charge is 2.08. The largest absolute Gasteiger partial charge is 0.326 e. The van der Waals surface area contributed by atoms with Crippen LogP contribution in [0.1, 0.15) is 5.56 Å². The molecule has 0 radical (unpaired) electrons. The number of non-ortho nitro benzene ring substituents is 1. The van der Waals surface area contributed by atoms with Crippen LogP contribution >= 0.6 is 23.4 Å². The van der Waals surface area contributed by atoms with Crippen molar-refractivity contribution >= 4 is 52.2 Å². The number of hydrogen-bond donors (Lipinski definition) is 2. The molecule has 158 valence electrons. The third-order valence-electron chi connectivity index (χ3n) is 4.15. The van der Waals surface area contributed by atoms with Crippen LogP contribution in [0.15, 0.2) is 77.7 Å². The molecule has 0 aromatic heterocycles. The molecule has 3 aromatic carbocycles. The standard InChI is InChI=1S/C22H18ClN3O4S/c23-16-3-1-15(2-4-16)13-21(27)24-18-7-11-20(12-8-18)31-14-22(28)25-17-5-9-19(10-6-17)26(29)30/h1-12H,13-14H2,(H,24,27)(H,25,28). The molecule has 31 heavy (non-hydrogen) atoms. The summed E-state index contributed by atoms with van der Waals surface area (Å²) < 4.78 is 0. The molecule has 0 bridgehead atoms. The van der Waals surface area contributed by atoms with Gasteiger partial charge in [-0.15, -0.1) is 11.8 Å². The van der Waals surface area contributed by atoms with Gasteiger partial charge in [0.05, 0.1) is 17.1 Å². The van der Waals surface area contributed by atoms with Crippen LogP contribution in [0.4, 0.5) is 17.1 Å². The number of hydrogen-bond acceptors (Lipinski definition) is 5. The molecular weight excluding hydrogens is 438 g/mol. The van der Waals surface area contributed by atoms with Gasteiger partial charge in [-0.2, -0.15) is 0 Å². The number of nitro benzene ring substituents is 1. The maximum Gasteiger partial charge on any atom is 0.269 e. The van der Waals surface area contributed by atoms with Gasteiger partial charge in [-0.05, 0) is 54.1 Å². The van der Waals surface area contributed by atoms with E-state index in [4.69, 9.17) is 11.6 Å². The number of nitrogens with one attached hydrogen (secondary N) is 2. The molecule has 9 heteroatoms. The Hall–Kier alpha value is -3.36.